The van der Waals surface area contributed by atoms with Crippen molar-refractivity contribution in [2.75, 3.05) is 6.54 Å². The first kappa shape index (κ1) is 10.1. The topological polar surface area (TPSA) is 63.3 Å². The number of aliphatic carboxylic acids is 1. The fraction of sp³-hybridized carbons (Fsp3) is 0.500. The number of carbonyl (C=O) groups is 1. The monoisotopic (exact) mass is 114 g/mol. The van der Waals surface area contributed by atoms with Crippen molar-refractivity contribution in [3.63, 3.8) is 0 Å². The van der Waals surface area contributed by atoms with Crippen molar-refractivity contribution in [1.29, 1.82) is 0 Å². The van der Waals surface area contributed by atoms with Crippen LogP contribution in [0.1, 0.15) is 0 Å². The molecule has 0 aromatic rings. The van der Waals surface area contributed by atoms with Crippen LogP contribution in [0, 0.1) is 0 Å². The average molecular weight is 114 g/mol. The Morgan fingerprint density at radius 3 is 2.00 bits per heavy atom. The minimum Gasteiger partial charge on any atom is -0.480 e. The molecule has 0 radical (unpaired) electrons. The molecule has 4 heteroatoms. The maximum Gasteiger partial charge on any atom is 1.00 e. The third-order valence-electron chi connectivity index (χ3n) is 0.175. The van der Waals surface area contributed by atoms with Crippen molar-refractivity contribution in [2.24, 2.45) is 5.73 Å². The largest absolute Gasteiger partial charge is 1.00 e. The third-order valence-corrected chi connectivity index (χ3v) is 0.175. The summed E-state index contributed by atoms with van der Waals surface area (Å²) in [6.07, 6.45) is 0. The van der Waals surface area contributed by atoms with Crippen LogP contribution < -0.4 is 57.1 Å². The second-order valence-electron chi connectivity index (χ2n) is 0.598. The standard InChI is InChI=1S/C2H5NO2.K/c3-1-2(4)5;/h1,3H2,(H,4,5);/q;+1. The van der Waals surface area contributed by atoms with E-state index in [4.69, 9.17) is 5.11 Å². The van der Waals surface area contributed by atoms with Crippen molar-refractivity contribution >= 4 is 5.97 Å². The molecule has 0 saturated heterocycles. The van der Waals surface area contributed by atoms with Gasteiger partial charge in [-0.1, -0.05) is 0 Å². The summed E-state index contributed by atoms with van der Waals surface area (Å²) in [6, 6.07) is 0. The van der Waals surface area contributed by atoms with Gasteiger partial charge in [-0.3, -0.25) is 4.79 Å². The molecule has 3 nitrogen and oxygen atoms in total. The van der Waals surface area contributed by atoms with Gasteiger partial charge in [0.15, 0.2) is 0 Å². The molecule has 0 aliphatic rings. The molecule has 0 unspecified atom stereocenters. The predicted octanol–water partition coefficient (Wildman–Crippen LogP) is -3.97. The molecule has 0 aromatic carbocycles. The number of rotatable bonds is 1. The molecule has 0 saturated carbocycles. The van der Waals surface area contributed by atoms with Crippen LogP contribution in [0.25, 0.3) is 0 Å². The molecule has 0 amide bonds. The SMILES string of the molecule is NCC(=O)O.[K+]. The summed E-state index contributed by atoms with van der Waals surface area (Å²) in [5.74, 6) is -0.968. The van der Waals surface area contributed by atoms with Gasteiger partial charge in [0.1, 0.15) is 0 Å². The molecule has 0 aliphatic heterocycles. The van der Waals surface area contributed by atoms with Gasteiger partial charge in [0.25, 0.3) is 0 Å². The number of hydrogen-bond donors (Lipinski definition) is 2. The van der Waals surface area contributed by atoms with Gasteiger partial charge >= 0.3 is 57.4 Å². The second kappa shape index (κ2) is 6.07. The van der Waals surface area contributed by atoms with Crippen LogP contribution >= 0.6 is 0 Å². The maximum atomic E-state index is 9.24. The molecule has 0 heterocycles. The summed E-state index contributed by atoms with van der Waals surface area (Å²) in [6.45, 7) is -0.278. The molecule has 0 rings (SSSR count). The number of carboxylic acids is 1. The van der Waals surface area contributed by atoms with Crippen LogP contribution in [-0.2, 0) is 4.79 Å². The molecule has 30 valence electrons. The Morgan fingerprint density at radius 2 is 2.00 bits per heavy atom. The zero-order chi connectivity index (χ0) is 4.28. The van der Waals surface area contributed by atoms with Gasteiger partial charge in [-0.2, -0.15) is 0 Å². The molecule has 0 bridgehead atoms. The van der Waals surface area contributed by atoms with E-state index in [0.29, 0.717) is 0 Å². The summed E-state index contributed by atoms with van der Waals surface area (Å²) in [5, 5.41) is 7.60. The summed E-state index contributed by atoms with van der Waals surface area (Å²) >= 11 is 0. The van der Waals surface area contributed by atoms with E-state index < -0.39 is 5.97 Å². The van der Waals surface area contributed by atoms with Gasteiger partial charge in [-0.25, -0.2) is 0 Å². The van der Waals surface area contributed by atoms with E-state index in [0.717, 1.165) is 0 Å². The van der Waals surface area contributed by atoms with E-state index in [9.17, 15) is 4.79 Å². The van der Waals surface area contributed by atoms with Gasteiger partial charge in [-0.15, -0.1) is 0 Å². The van der Waals surface area contributed by atoms with Crippen LogP contribution in [0.3, 0.4) is 0 Å². The van der Waals surface area contributed by atoms with Crippen molar-refractivity contribution in [3.8, 4) is 0 Å². The Bertz CT molecular complexity index is 46.8. The van der Waals surface area contributed by atoms with Crippen molar-refractivity contribution < 1.29 is 61.3 Å². The summed E-state index contributed by atoms with van der Waals surface area (Å²) < 4.78 is 0. The van der Waals surface area contributed by atoms with E-state index >= 15 is 0 Å². The van der Waals surface area contributed by atoms with Gasteiger partial charge in [0.2, 0.25) is 0 Å². The fourth-order valence-electron chi connectivity index (χ4n) is 0. The molecular formula is C2H5KNO2+. The van der Waals surface area contributed by atoms with E-state index in [2.05, 4.69) is 5.73 Å². The molecule has 3 N–H and O–H groups in total. The van der Waals surface area contributed by atoms with Gasteiger partial charge in [0.05, 0.1) is 6.54 Å². The van der Waals surface area contributed by atoms with E-state index in [1.165, 1.54) is 0 Å². The smallest absolute Gasteiger partial charge is 0.480 e. The first-order chi connectivity index (χ1) is 2.27. The maximum absolute atomic E-state index is 9.24. The van der Waals surface area contributed by atoms with E-state index in [1.54, 1.807) is 0 Å². The van der Waals surface area contributed by atoms with Crippen molar-refractivity contribution in [2.45, 2.75) is 0 Å². The number of carboxylic acid groups (broad SMARTS) is 1. The molecule has 0 atom stereocenters. The van der Waals surface area contributed by atoms with Gasteiger partial charge < -0.3 is 10.8 Å². The number of hydrogen-bond acceptors (Lipinski definition) is 2. The van der Waals surface area contributed by atoms with Crippen LogP contribution in [0.15, 0.2) is 0 Å². The van der Waals surface area contributed by atoms with Gasteiger partial charge in [-0.05, 0) is 0 Å². The van der Waals surface area contributed by atoms with E-state index in [-0.39, 0.29) is 57.9 Å². The quantitative estimate of drug-likeness (QED) is 0.342. The predicted molar refractivity (Wildman–Crippen MR) is 16.7 cm³/mol. The molecular weight excluding hydrogens is 109 g/mol. The summed E-state index contributed by atoms with van der Waals surface area (Å²) in [7, 11) is 0. The molecule has 6 heavy (non-hydrogen) atoms. The normalized spacial score (nSPS) is 6.17. The molecule has 0 aromatic heterocycles. The zero-order valence-corrected chi connectivity index (χ0v) is 6.76. The third kappa shape index (κ3) is 8.91. The van der Waals surface area contributed by atoms with Gasteiger partial charge in [0, 0.05) is 0 Å². The molecule has 0 fully saturated rings. The van der Waals surface area contributed by atoms with Crippen molar-refractivity contribution in [1.82, 2.24) is 0 Å². The first-order valence-electron chi connectivity index (χ1n) is 1.19. The minimum absolute atomic E-state index is 0. The Hall–Kier alpha value is 1.07. The van der Waals surface area contributed by atoms with Crippen LogP contribution in [0.2, 0.25) is 0 Å². The molecule has 0 spiro atoms. The van der Waals surface area contributed by atoms with E-state index in [1.807, 2.05) is 0 Å². The van der Waals surface area contributed by atoms with Crippen LogP contribution in [-0.4, -0.2) is 17.6 Å². The second-order valence-corrected chi connectivity index (χ2v) is 0.598. The Balaban J connectivity index is 0. The molecule has 0 aliphatic carbocycles. The zero-order valence-electron chi connectivity index (χ0n) is 3.64. The fourth-order valence-corrected chi connectivity index (χ4v) is 0. The van der Waals surface area contributed by atoms with Crippen molar-refractivity contribution in [3.05, 3.63) is 0 Å². The minimum atomic E-state index is -0.968. The Morgan fingerprint density at radius 1 is 1.83 bits per heavy atom. The average Bonchev–Trinajstić information content (AvgIpc) is 1.38. The summed E-state index contributed by atoms with van der Waals surface area (Å²) in [5.41, 5.74) is 4.57. The Kier molecular flexibility index (Phi) is 10.2. The Labute approximate surface area is 78.3 Å². The summed E-state index contributed by atoms with van der Waals surface area (Å²) in [4.78, 5) is 9.24. The number of nitrogens with two attached hydrogens (primary N) is 1. The van der Waals surface area contributed by atoms with Crippen LogP contribution in [0.4, 0.5) is 0 Å². The first-order valence-corrected chi connectivity index (χ1v) is 1.19. The van der Waals surface area contributed by atoms with Crippen LogP contribution in [0.5, 0.6) is 0 Å².